The van der Waals surface area contributed by atoms with E-state index in [1.165, 1.54) is 6.33 Å². The van der Waals surface area contributed by atoms with Gasteiger partial charge >= 0.3 is 6.03 Å². The van der Waals surface area contributed by atoms with Gasteiger partial charge in [0.25, 0.3) is 0 Å². The van der Waals surface area contributed by atoms with E-state index in [0.29, 0.717) is 33.8 Å². The highest BCUT2D eigenvalue weighted by molar-refractivity contribution is 6.30. The predicted molar refractivity (Wildman–Crippen MR) is 124 cm³/mol. The lowest BCUT2D eigenvalue weighted by Crippen LogP contribution is -2.19. The normalized spacial score (nSPS) is 10.6. The van der Waals surface area contributed by atoms with Gasteiger partial charge in [0.2, 0.25) is 5.88 Å². The maximum atomic E-state index is 12.2. The van der Waals surface area contributed by atoms with Crippen molar-refractivity contribution < 1.29 is 9.53 Å². The number of rotatable bonds is 5. The maximum Gasteiger partial charge on any atom is 0.323 e. The molecule has 9 heteroatoms. The standard InChI is InChI=1S/C23H21ClN6O2/c1-14-15(2)29-30(16(14)3)21-12-22(26-13-25-21)32-20-10-8-19(9-11-20)28-23(31)27-18-6-4-17(24)5-7-18/h4-13H,1-3H3,(H2,27,28,31). The first kappa shape index (κ1) is 21.3. The van der Waals surface area contributed by atoms with Crippen molar-refractivity contribution in [2.45, 2.75) is 20.8 Å². The number of benzene rings is 2. The smallest absolute Gasteiger partial charge is 0.323 e. The molecular formula is C23H21ClN6O2. The molecule has 8 nitrogen and oxygen atoms in total. The first-order valence-corrected chi connectivity index (χ1v) is 10.2. The largest absolute Gasteiger partial charge is 0.439 e. The molecule has 0 atom stereocenters. The van der Waals surface area contributed by atoms with Crippen LogP contribution < -0.4 is 15.4 Å². The molecule has 0 bridgehead atoms. The fourth-order valence-corrected chi connectivity index (χ4v) is 3.12. The Morgan fingerprint density at radius 3 is 2.16 bits per heavy atom. The molecule has 2 aromatic heterocycles. The second-order valence-electron chi connectivity index (χ2n) is 7.13. The number of nitrogens with zero attached hydrogens (tertiary/aromatic N) is 4. The number of urea groups is 1. The summed E-state index contributed by atoms with van der Waals surface area (Å²) in [5, 5.41) is 10.6. The lowest BCUT2D eigenvalue weighted by molar-refractivity contribution is 0.262. The Morgan fingerprint density at radius 2 is 1.56 bits per heavy atom. The van der Waals surface area contributed by atoms with Crippen LogP contribution >= 0.6 is 11.6 Å². The Morgan fingerprint density at radius 1 is 0.938 bits per heavy atom. The molecule has 2 heterocycles. The zero-order chi connectivity index (χ0) is 22.7. The van der Waals surface area contributed by atoms with Crippen molar-refractivity contribution in [3.8, 4) is 17.4 Å². The second-order valence-corrected chi connectivity index (χ2v) is 7.57. The molecule has 0 fully saturated rings. The third kappa shape index (κ3) is 4.87. The summed E-state index contributed by atoms with van der Waals surface area (Å²) in [5.74, 6) is 1.59. The second kappa shape index (κ2) is 9.07. The molecule has 0 spiro atoms. The van der Waals surface area contributed by atoms with E-state index in [4.69, 9.17) is 16.3 Å². The highest BCUT2D eigenvalue weighted by atomic mass is 35.5. The minimum atomic E-state index is -0.360. The Bertz CT molecular complexity index is 1250. The van der Waals surface area contributed by atoms with Crippen molar-refractivity contribution in [2.24, 2.45) is 0 Å². The first-order valence-electron chi connectivity index (χ1n) is 9.86. The van der Waals surface area contributed by atoms with Gasteiger partial charge in [0.05, 0.1) is 5.69 Å². The van der Waals surface area contributed by atoms with Gasteiger partial charge in [-0.05, 0) is 74.9 Å². The zero-order valence-electron chi connectivity index (χ0n) is 17.8. The van der Waals surface area contributed by atoms with E-state index >= 15 is 0 Å². The molecule has 2 aromatic carbocycles. The number of hydrogen-bond acceptors (Lipinski definition) is 5. The third-order valence-corrected chi connectivity index (χ3v) is 5.19. The first-order chi connectivity index (χ1) is 15.4. The van der Waals surface area contributed by atoms with E-state index in [2.05, 4.69) is 25.7 Å². The lowest BCUT2D eigenvalue weighted by atomic mass is 10.2. The number of carbonyl (C=O) groups is 1. The van der Waals surface area contributed by atoms with E-state index in [1.54, 1.807) is 59.3 Å². The van der Waals surface area contributed by atoms with E-state index in [1.807, 2.05) is 20.8 Å². The minimum absolute atomic E-state index is 0.360. The number of aryl methyl sites for hydroxylation is 1. The molecule has 0 unspecified atom stereocenters. The summed E-state index contributed by atoms with van der Waals surface area (Å²) < 4.78 is 7.62. The topological polar surface area (TPSA) is 94.0 Å². The summed E-state index contributed by atoms with van der Waals surface area (Å²) in [6.45, 7) is 5.98. The number of halogens is 1. The van der Waals surface area contributed by atoms with Gasteiger partial charge in [-0.2, -0.15) is 5.10 Å². The van der Waals surface area contributed by atoms with Crippen LogP contribution in [0, 0.1) is 20.8 Å². The molecule has 0 aliphatic carbocycles. The molecule has 4 rings (SSSR count). The number of ether oxygens (including phenoxy) is 1. The van der Waals surface area contributed by atoms with Crippen LogP contribution in [0.3, 0.4) is 0 Å². The molecule has 0 aliphatic rings. The number of carbonyl (C=O) groups excluding carboxylic acids is 1. The summed E-state index contributed by atoms with van der Waals surface area (Å²) in [7, 11) is 0. The van der Waals surface area contributed by atoms with Crippen molar-refractivity contribution in [1.82, 2.24) is 19.7 Å². The minimum Gasteiger partial charge on any atom is -0.439 e. The Balaban J connectivity index is 1.41. The van der Waals surface area contributed by atoms with Gasteiger partial charge in [0, 0.05) is 28.2 Å². The molecule has 0 saturated heterocycles. The zero-order valence-corrected chi connectivity index (χ0v) is 18.5. The molecule has 0 radical (unpaired) electrons. The average Bonchev–Trinajstić information content (AvgIpc) is 3.04. The molecule has 2 N–H and O–H groups in total. The van der Waals surface area contributed by atoms with E-state index < -0.39 is 0 Å². The van der Waals surface area contributed by atoms with Crippen molar-refractivity contribution in [1.29, 1.82) is 0 Å². The number of anilines is 2. The Kier molecular flexibility index (Phi) is 6.04. The highest BCUT2D eigenvalue weighted by Gasteiger charge is 2.11. The van der Waals surface area contributed by atoms with E-state index in [0.717, 1.165) is 17.0 Å². The molecule has 162 valence electrons. The highest BCUT2D eigenvalue weighted by Crippen LogP contribution is 2.24. The van der Waals surface area contributed by atoms with Gasteiger partial charge in [0.1, 0.15) is 12.1 Å². The van der Waals surface area contributed by atoms with Crippen molar-refractivity contribution in [2.75, 3.05) is 10.6 Å². The van der Waals surface area contributed by atoms with Gasteiger partial charge in [-0.3, -0.25) is 0 Å². The molecule has 32 heavy (non-hydrogen) atoms. The van der Waals surface area contributed by atoms with Crippen LogP contribution in [-0.2, 0) is 0 Å². The maximum absolute atomic E-state index is 12.2. The molecule has 0 aliphatic heterocycles. The van der Waals surface area contributed by atoms with Gasteiger partial charge in [-0.15, -0.1) is 0 Å². The van der Waals surface area contributed by atoms with Crippen LogP contribution in [0.1, 0.15) is 17.0 Å². The van der Waals surface area contributed by atoms with Crippen LogP contribution in [0.4, 0.5) is 16.2 Å². The quantitative estimate of drug-likeness (QED) is 0.409. The molecule has 0 saturated carbocycles. The average molecular weight is 449 g/mol. The SMILES string of the molecule is Cc1nn(-c2cc(Oc3ccc(NC(=O)Nc4ccc(Cl)cc4)cc3)ncn2)c(C)c1C. The van der Waals surface area contributed by atoms with Crippen molar-refractivity contribution in [3.63, 3.8) is 0 Å². The fourth-order valence-electron chi connectivity index (χ4n) is 3.00. The van der Waals surface area contributed by atoms with Crippen LogP contribution in [-0.4, -0.2) is 25.8 Å². The summed E-state index contributed by atoms with van der Waals surface area (Å²) in [5.41, 5.74) is 4.34. The Hall–Kier alpha value is -3.91. The number of amides is 2. The predicted octanol–water partition coefficient (Wildman–Crippen LogP) is 5.68. The number of hydrogen-bond donors (Lipinski definition) is 2. The molecule has 4 aromatic rings. The van der Waals surface area contributed by atoms with Gasteiger partial charge < -0.3 is 15.4 Å². The Labute approximate surface area is 190 Å². The third-order valence-electron chi connectivity index (χ3n) is 4.93. The van der Waals surface area contributed by atoms with E-state index in [-0.39, 0.29) is 6.03 Å². The van der Waals surface area contributed by atoms with Crippen molar-refractivity contribution in [3.05, 3.63) is 82.9 Å². The monoisotopic (exact) mass is 448 g/mol. The lowest BCUT2D eigenvalue weighted by Gasteiger charge is -2.10. The van der Waals surface area contributed by atoms with Crippen LogP contribution in [0.25, 0.3) is 5.82 Å². The summed E-state index contributed by atoms with van der Waals surface area (Å²) in [6.07, 6.45) is 1.44. The fraction of sp³-hybridized carbons (Fsp3) is 0.130. The summed E-state index contributed by atoms with van der Waals surface area (Å²) in [4.78, 5) is 20.6. The van der Waals surface area contributed by atoms with E-state index in [9.17, 15) is 4.79 Å². The van der Waals surface area contributed by atoms with Crippen molar-refractivity contribution >= 4 is 29.0 Å². The van der Waals surface area contributed by atoms with Crippen LogP contribution in [0.15, 0.2) is 60.9 Å². The number of nitrogens with one attached hydrogen (secondary N) is 2. The van der Waals surface area contributed by atoms with Gasteiger partial charge in [0.15, 0.2) is 5.82 Å². The summed E-state index contributed by atoms with van der Waals surface area (Å²) >= 11 is 5.85. The molecule has 2 amide bonds. The van der Waals surface area contributed by atoms with Gasteiger partial charge in [-0.1, -0.05) is 11.6 Å². The van der Waals surface area contributed by atoms with Crippen LogP contribution in [0.5, 0.6) is 11.6 Å². The number of aromatic nitrogens is 4. The van der Waals surface area contributed by atoms with Gasteiger partial charge in [-0.25, -0.2) is 19.4 Å². The van der Waals surface area contributed by atoms with Crippen LogP contribution in [0.2, 0.25) is 5.02 Å². The summed E-state index contributed by atoms with van der Waals surface area (Å²) in [6, 6.07) is 15.2. The molecular weight excluding hydrogens is 428 g/mol.